The standard InChI is InChI=1S/C10H10N2/c1-12-8-4-6-9-5-2-3-7-10(9)11-12/h2-8H,1H3. The molecule has 1 aromatic rings. The summed E-state index contributed by atoms with van der Waals surface area (Å²) >= 11 is 0. The van der Waals surface area contributed by atoms with Gasteiger partial charge in [0.2, 0.25) is 0 Å². The van der Waals surface area contributed by atoms with Crippen molar-refractivity contribution in [3.05, 3.63) is 47.1 Å². The highest BCUT2D eigenvalue weighted by atomic mass is 15.4. The summed E-state index contributed by atoms with van der Waals surface area (Å²) in [6.45, 7) is 0. The monoisotopic (exact) mass is 158 g/mol. The van der Waals surface area contributed by atoms with Crippen LogP contribution in [-0.4, -0.2) is 12.1 Å². The topological polar surface area (TPSA) is 15.6 Å². The van der Waals surface area contributed by atoms with Gasteiger partial charge in [0.1, 0.15) is 0 Å². The predicted octanol–water partition coefficient (Wildman–Crippen LogP) is 0.461. The van der Waals surface area contributed by atoms with Gasteiger partial charge in [0.15, 0.2) is 0 Å². The van der Waals surface area contributed by atoms with Crippen molar-refractivity contribution < 1.29 is 0 Å². The molecular formula is C10H10N2. The number of fused-ring (bicyclic) bond motifs is 1. The summed E-state index contributed by atoms with van der Waals surface area (Å²) in [6.07, 6.45) is 5.98. The van der Waals surface area contributed by atoms with Gasteiger partial charge < -0.3 is 0 Å². The second kappa shape index (κ2) is 2.81. The van der Waals surface area contributed by atoms with Crippen LogP contribution in [-0.2, 0) is 0 Å². The molecule has 1 aliphatic rings. The molecule has 0 fully saturated rings. The minimum atomic E-state index is 1.02. The van der Waals surface area contributed by atoms with Gasteiger partial charge in [-0.15, -0.1) is 0 Å². The Labute approximate surface area is 71.1 Å². The number of benzene rings is 1. The minimum absolute atomic E-state index is 1.02. The summed E-state index contributed by atoms with van der Waals surface area (Å²) in [6, 6.07) is 8.08. The highest BCUT2D eigenvalue weighted by Gasteiger charge is 1.90. The van der Waals surface area contributed by atoms with Gasteiger partial charge in [0.05, 0.1) is 5.36 Å². The molecule has 0 N–H and O–H groups in total. The second-order valence-electron chi connectivity index (χ2n) is 2.74. The van der Waals surface area contributed by atoms with Crippen LogP contribution in [0.2, 0.25) is 0 Å². The van der Waals surface area contributed by atoms with E-state index in [1.165, 1.54) is 0 Å². The molecule has 0 spiro atoms. The van der Waals surface area contributed by atoms with E-state index >= 15 is 0 Å². The fourth-order valence-electron chi connectivity index (χ4n) is 1.19. The number of hydrogen-bond acceptors (Lipinski definition) is 2. The van der Waals surface area contributed by atoms with Gasteiger partial charge in [0, 0.05) is 18.5 Å². The first-order chi connectivity index (χ1) is 5.86. The fourth-order valence-corrected chi connectivity index (χ4v) is 1.19. The Kier molecular flexibility index (Phi) is 1.67. The fraction of sp³-hybridized carbons (Fsp3) is 0.100. The number of nitrogens with zero attached hydrogens (tertiary/aromatic N) is 2. The summed E-state index contributed by atoms with van der Waals surface area (Å²) in [5.41, 5.74) is 0. The van der Waals surface area contributed by atoms with E-state index in [9.17, 15) is 0 Å². The van der Waals surface area contributed by atoms with Crippen molar-refractivity contribution in [1.29, 1.82) is 0 Å². The van der Waals surface area contributed by atoms with Crippen LogP contribution in [0.3, 0.4) is 0 Å². The van der Waals surface area contributed by atoms with E-state index in [0.717, 1.165) is 10.6 Å². The van der Waals surface area contributed by atoms with Crippen LogP contribution < -0.4 is 10.6 Å². The number of hydrogen-bond donors (Lipinski definition) is 0. The van der Waals surface area contributed by atoms with Gasteiger partial charge in [-0.2, -0.15) is 5.10 Å². The minimum Gasteiger partial charge on any atom is -0.275 e. The predicted molar refractivity (Wildman–Crippen MR) is 48.6 cm³/mol. The van der Waals surface area contributed by atoms with Gasteiger partial charge in [-0.05, 0) is 12.1 Å². The molecule has 12 heavy (non-hydrogen) atoms. The van der Waals surface area contributed by atoms with Gasteiger partial charge in [0.25, 0.3) is 0 Å². The molecule has 60 valence electrons. The van der Waals surface area contributed by atoms with Crippen LogP contribution in [0, 0.1) is 0 Å². The molecule has 0 saturated heterocycles. The first-order valence-electron chi connectivity index (χ1n) is 3.91. The third kappa shape index (κ3) is 1.23. The molecular weight excluding hydrogens is 148 g/mol. The van der Waals surface area contributed by atoms with E-state index in [4.69, 9.17) is 0 Å². The lowest BCUT2D eigenvalue weighted by Gasteiger charge is -2.02. The van der Waals surface area contributed by atoms with Crippen molar-refractivity contribution in [2.75, 3.05) is 7.05 Å². The summed E-state index contributed by atoms with van der Waals surface area (Å²) in [4.78, 5) is 0. The van der Waals surface area contributed by atoms with Crippen molar-refractivity contribution in [3.8, 4) is 0 Å². The van der Waals surface area contributed by atoms with E-state index in [1.807, 2.05) is 42.5 Å². The maximum Gasteiger partial charge on any atom is 0.0907 e. The summed E-state index contributed by atoms with van der Waals surface area (Å²) in [5.74, 6) is 0. The molecule has 0 aromatic heterocycles. The normalized spacial score (nSPS) is 14.2. The zero-order valence-corrected chi connectivity index (χ0v) is 6.94. The van der Waals surface area contributed by atoms with Crippen LogP contribution in [0.25, 0.3) is 6.08 Å². The van der Waals surface area contributed by atoms with E-state index in [1.54, 1.807) is 0 Å². The van der Waals surface area contributed by atoms with Crippen LogP contribution >= 0.6 is 0 Å². The van der Waals surface area contributed by atoms with Crippen LogP contribution in [0.15, 0.2) is 41.6 Å². The molecule has 0 saturated carbocycles. The van der Waals surface area contributed by atoms with Crippen molar-refractivity contribution >= 4 is 6.08 Å². The smallest absolute Gasteiger partial charge is 0.0907 e. The molecule has 2 rings (SSSR count). The van der Waals surface area contributed by atoms with Crippen LogP contribution in [0.4, 0.5) is 0 Å². The highest BCUT2D eigenvalue weighted by molar-refractivity contribution is 5.36. The summed E-state index contributed by atoms with van der Waals surface area (Å²) in [5, 5.41) is 8.35. The summed E-state index contributed by atoms with van der Waals surface area (Å²) in [7, 11) is 1.92. The Hall–Kier alpha value is -1.57. The average Bonchev–Trinajstić information content (AvgIpc) is 2.25. The first-order valence-corrected chi connectivity index (χ1v) is 3.91. The van der Waals surface area contributed by atoms with Crippen molar-refractivity contribution in [2.24, 2.45) is 5.10 Å². The van der Waals surface area contributed by atoms with Crippen molar-refractivity contribution in [2.45, 2.75) is 0 Å². The zero-order valence-electron chi connectivity index (χ0n) is 6.94. The van der Waals surface area contributed by atoms with Crippen LogP contribution in [0.1, 0.15) is 0 Å². The maximum atomic E-state index is 4.35. The average molecular weight is 158 g/mol. The molecule has 0 bridgehead atoms. The van der Waals surface area contributed by atoms with Gasteiger partial charge in [-0.25, -0.2) is 0 Å². The molecule has 2 heteroatoms. The third-order valence-corrected chi connectivity index (χ3v) is 1.78. The van der Waals surface area contributed by atoms with Gasteiger partial charge in [-0.1, -0.05) is 24.3 Å². The lowest BCUT2D eigenvalue weighted by molar-refractivity contribution is 0.473. The van der Waals surface area contributed by atoms with Gasteiger partial charge in [-0.3, -0.25) is 5.01 Å². The number of allylic oxidation sites excluding steroid dienone is 1. The Morgan fingerprint density at radius 2 is 2.08 bits per heavy atom. The first kappa shape index (κ1) is 7.10. The molecule has 1 aromatic carbocycles. The Balaban J connectivity index is 2.75. The molecule has 0 atom stereocenters. The Bertz CT molecular complexity index is 418. The maximum absolute atomic E-state index is 4.35. The second-order valence-corrected chi connectivity index (χ2v) is 2.74. The van der Waals surface area contributed by atoms with E-state index in [2.05, 4.69) is 17.2 Å². The lowest BCUT2D eigenvalue weighted by atomic mass is 10.3. The van der Waals surface area contributed by atoms with Crippen molar-refractivity contribution in [1.82, 2.24) is 5.01 Å². The highest BCUT2D eigenvalue weighted by Crippen LogP contribution is 1.87. The summed E-state index contributed by atoms with van der Waals surface area (Å²) < 4.78 is 0. The molecule has 0 unspecified atom stereocenters. The van der Waals surface area contributed by atoms with Crippen LogP contribution in [0.5, 0.6) is 0 Å². The lowest BCUT2D eigenvalue weighted by Crippen LogP contribution is -2.25. The molecule has 0 amide bonds. The third-order valence-electron chi connectivity index (χ3n) is 1.78. The Morgan fingerprint density at radius 1 is 1.25 bits per heavy atom. The SMILES string of the molecule is CN1C=CC=c2ccccc2=N1. The molecule has 1 heterocycles. The molecule has 0 radical (unpaired) electrons. The molecule has 0 aliphatic carbocycles. The Morgan fingerprint density at radius 3 is 3.00 bits per heavy atom. The van der Waals surface area contributed by atoms with E-state index in [-0.39, 0.29) is 0 Å². The van der Waals surface area contributed by atoms with Gasteiger partial charge >= 0.3 is 0 Å². The molecule has 2 nitrogen and oxygen atoms in total. The zero-order chi connectivity index (χ0) is 8.39. The van der Waals surface area contributed by atoms with Crippen molar-refractivity contribution in [3.63, 3.8) is 0 Å². The number of rotatable bonds is 0. The molecule has 1 aliphatic heterocycles. The van der Waals surface area contributed by atoms with E-state index in [0.29, 0.717) is 0 Å². The van der Waals surface area contributed by atoms with E-state index < -0.39 is 0 Å². The largest absolute Gasteiger partial charge is 0.275 e. The quantitative estimate of drug-likeness (QED) is 0.535.